The molecule has 5 heteroatoms. The van der Waals surface area contributed by atoms with Crippen molar-refractivity contribution in [2.75, 3.05) is 5.48 Å². The minimum Gasteiger partial charge on any atom is -0.290 e. The Hall–Kier alpha value is -0.610. The summed E-state index contributed by atoms with van der Waals surface area (Å²) in [5, 5.41) is 7.77. The van der Waals surface area contributed by atoms with Crippen molar-refractivity contribution in [3.63, 3.8) is 0 Å². The van der Waals surface area contributed by atoms with Crippen LogP contribution in [0.4, 0.5) is 5.82 Å². The summed E-state index contributed by atoms with van der Waals surface area (Å²) in [6.45, 7) is 0. The second-order valence-electron chi connectivity index (χ2n) is 0.877. The second kappa shape index (κ2) is 1.90. The number of aromatic nitrogens is 1. The Morgan fingerprint density at radius 2 is 2.14 bits per heavy atom. The number of anilines is 1. The van der Waals surface area contributed by atoms with E-state index in [2.05, 4.69) is 4.98 Å². The largest absolute Gasteiger partial charge is 0.316 e. The van der Waals surface area contributed by atoms with Crippen LogP contribution in [-0.4, -0.2) is 10.2 Å². The lowest BCUT2D eigenvalue weighted by atomic mass is 11.0. The number of nitrogens with one attached hydrogen (secondary N) is 1. The summed E-state index contributed by atoms with van der Waals surface area (Å²) in [5.41, 5.74) is 1.23. The van der Waals surface area contributed by atoms with E-state index in [4.69, 9.17) is 5.21 Å². The first-order valence-corrected chi connectivity index (χ1v) is 1.37. The molecule has 0 unspecified atom stereocenters. The molecule has 0 amide bonds. The number of rotatable bonds is 1. The highest BCUT2D eigenvalue weighted by molar-refractivity contribution is 5.85. The minimum atomic E-state index is -0.363. The van der Waals surface area contributed by atoms with Gasteiger partial charge in [0.05, 0.1) is 0 Å². The Labute approximate surface area is 45.2 Å². The topological polar surface area (TPSA) is 62.2 Å². The van der Waals surface area contributed by atoms with Crippen LogP contribution in [0.1, 0.15) is 0 Å². The van der Waals surface area contributed by atoms with E-state index in [9.17, 15) is 4.79 Å². The molecule has 7 heavy (non-hydrogen) atoms. The van der Waals surface area contributed by atoms with Crippen molar-refractivity contribution < 1.29 is 5.21 Å². The fourth-order valence-electron chi connectivity index (χ4n) is 0.146. The van der Waals surface area contributed by atoms with Crippen LogP contribution in [0.5, 0.6) is 0 Å². The zero-order valence-electron chi connectivity index (χ0n) is 3.21. The molecule has 0 fully saturated rings. The van der Waals surface area contributed by atoms with Crippen LogP contribution in [-0.2, 0) is 0 Å². The number of halogens is 1. The Morgan fingerprint density at radius 3 is 2.14 bits per heavy atom. The van der Waals surface area contributed by atoms with Gasteiger partial charge in [-0.2, -0.15) is 4.98 Å². The number of nitrogens with zero attached hydrogens (tertiary/aromatic N) is 1. The fourth-order valence-corrected chi connectivity index (χ4v) is 0.146. The highest BCUT2D eigenvalue weighted by Crippen LogP contribution is 1.88. The first-order valence-electron chi connectivity index (χ1n) is 1.37. The maximum Gasteiger partial charge on any atom is 0.316 e. The summed E-state index contributed by atoms with van der Waals surface area (Å²) < 4.78 is 0. The van der Waals surface area contributed by atoms with E-state index in [0.29, 0.717) is 0 Å². The van der Waals surface area contributed by atoms with Crippen LogP contribution < -0.4 is 11.0 Å². The van der Waals surface area contributed by atoms with E-state index < -0.39 is 0 Å². The first kappa shape index (κ1) is 6.39. The second-order valence-corrected chi connectivity index (χ2v) is 0.877. The molecular formula is C2H3ClN2O2. The van der Waals surface area contributed by atoms with Gasteiger partial charge >= 0.3 is 5.56 Å². The van der Waals surface area contributed by atoms with Crippen LogP contribution in [0.2, 0.25) is 0 Å². The molecule has 1 heterocycles. The van der Waals surface area contributed by atoms with Crippen molar-refractivity contribution in [3.8, 4) is 0 Å². The van der Waals surface area contributed by atoms with Crippen LogP contribution in [0.15, 0.2) is 4.79 Å². The maximum atomic E-state index is 9.69. The van der Waals surface area contributed by atoms with E-state index in [-0.39, 0.29) is 23.8 Å². The van der Waals surface area contributed by atoms with Crippen LogP contribution in [0, 0.1) is 0 Å². The zero-order valence-corrected chi connectivity index (χ0v) is 4.03. The molecule has 0 saturated heterocycles. The summed E-state index contributed by atoms with van der Waals surface area (Å²) in [6.07, 6.45) is 0. The van der Waals surface area contributed by atoms with Gasteiger partial charge in [0.1, 0.15) is 0 Å². The third-order valence-electron chi connectivity index (χ3n) is 0.472. The van der Waals surface area contributed by atoms with Crippen LogP contribution in [0.3, 0.4) is 0 Å². The van der Waals surface area contributed by atoms with Gasteiger partial charge in [0.15, 0.2) is 0 Å². The van der Waals surface area contributed by atoms with Crippen molar-refractivity contribution in [2.24, 2.45) is 0 Å². The van der Waals surface area contributed by atoms with Crippen molar-refractivity contribution >= 4 is 18.2 Å². The summed E-state index contributed by atoms with van der Waals surface area (Å²) in [7, 11) is 0. The highest BCUT2D eigenvalue weighted by atomic mass is 35.5. The Bertz CT molecular complexity index is 156. The van der Waals surface area contributed by atoms with E-state index in [0.717, 1.165) is 0 Å². The average molecular weight is 123 g/mol. The molecule has 0 saturated carbocycles. The van der Waals surface area contributed by atoms with Gasteiger partial charge in [-0.3, -0.25) is 10.0 Å². The lowest BCUT2D eigenvalue weighted by Crippen LogP contribution is -1.85. The summed E-state index contributed by atoms with van der Waals surface area (Å²) in [6, 6.07) is 0. The summed E-state index contributed by atoms with van der Waals surface area (Å²) in [5.74, 6) is 0.0509. The lowest BCUT2D eigenvalue weighted by molar-refractivity contribution is 0.389. The minimum absolute atomic E-state index is 0. The van der Waals surface area contributed by atoms with E-state index in [1.807, 2.05) is 0 Å². The highest BCUT2D eigenvalue weighted by Gasteiger charge is 2.06. The molecular weight excluding hydrogens is 119 g/mol. The van der Waals surface area contributed by atoms with Crippen molar-refractivity contribution in [2.45, 2.75) is 0 Å². The molecule has 40 valence electrons. The SMILES string of the molecule is Cl.O=c1nc1NO. The quantitative estimate of drug-likeness (QED) is 0.495. The summed E-state index contributed by atoms with van der Waals surface area (Å²) >= 11 is 0. The predicted octanol–water partition coefficient (Wildman–Crippen LogP) is -0.460. The molecule has 0 aromatic carbocycles. The standard InChI is InChI=1S/C2H2N2O2.ClH/c5-2-1(3-2)4-6;/h6H,(H,3,4,5);1H. The molecule has 1 aromatic rings. The van der Waals surface area contributed by atoms with Gasteiger partial charge < -0.3 is 0 Å². The Balaban J connectivity index is 0.000000360. The molecule has 0 spiro atoms. The molecule has 4 nitrogen and oxygen atoms in total. The average Bonchev–Trinajstić information content (AvgIpc) is 2.19. The third-order valence-corrected chi connectivity index (χ3v) is 0.472. The maximum absolute atomic E-state index is 9.69. The lowest BCUT2D eigenvalue weighted by Gasteiger charge is -1.69. The van der Waals surface area contributed by atoms with Gasteiger partial charge in [-0.15, -0.1) is 12.4 Å². The van der Waals surface area contributed by atoms with Crippen molar-refractivity contribution in [3.05, 3.63) is 10.4 Å². The molecule has 1 rings (SSSR count). The summed E-state index contributed by atoms with van der Waals surface area (Å²) in [4.78, 5) is 12.8. The van der Waals surface area contributed by atoms with Crippen molar-refractivity contribution in [1.29, 1.82) is 0 Å². The first-order chi connectivity index (χ1) is 2.84. The van der Waals surface area contributed by atoms with Gasteiger partial charge in [-0.05, 0) is 0 Å². The van der Waals surface area contributed by atoms with Crippen LogP contribution in [0.25, 0.3) is 0 Å². The van der Waals surface area contributed by atoms with Gasteiger partial charge in [0.2, 0.25) is 5.82 Å². The van der Waals surface area contributed by atoms with Gasteiger partial charge in [-0.1, -0.05) is 0 Å². The van der Waals surface area contributed by atoms with Gasteiger partial charge in [-0.25, -0.2) is 5.48 Å². The predicted molar refractivity (Wildman–Crippen MR) is 25.5 cm³/mol. The molecule has 0 bridgehead atoms. The molecule has 0 aliphatic rings. The molecule has 0 aliphatic carbocycles. The molecule has 1 aromatic heterocycles. The number of hydrogen-bond donors (Lipinski definition) is 2. The van der Waals surface area contributed by atoms with E-state index >= 15 is 0 Å². The normalized spacial score (nSPS) is 8.14. The van der Waals surface area contributed by atoms with Gasteiger partial charge in [0, 0.05) is 0 Å². The third kappa shape index (κ3) is 1.13. The molecule has 0 aliphatic heterocycles. The Kier molecular flexibility index (Phi) is 1.74. The fraction of sp³-hybridized carbons (Fsp3) is 0. The van der Waals surface area contributed by atoms with E-state index in [1.165, 1.54) is 0 Å². The van der Waals surface area contributed by atoms with E-state index in [1.54, 1.807) is 5.48 Å². The molecule has 0 atom stereocenters. The monoisotopic (exact) mass is 122 g/mol. The van der Waals surface area contributed by atoms with Crippen molar-refractivity contribution in [1.82, 2.24) is 4.98 Å². The Morgan fingerprint density at radius 1 is 1.71 bits per heavy atom. The molecule has 0 radical (unpaired) electrons. The van der Waals surface area contributed by atoms with Gasteiger partial charge in [0.25, 0.3) is 0 Å². The zero-order chi connectivity index (χ0) is 4.57. The van der Waals surface area contributed by atoms with Crippen LogP contribution >= 0.6 is 12.4 Å². The smallest absolute Gasteiger partial charge is 0.290 e. The number of hydrogen-bond acceptors (Lipinski definition) is 4. The molecule has 2 N–H and O–H groups in total.